The van der Waals surface area contributed by atoms with Gasteiger partial charge in [0.2, 0.25) is 15.9 Å². The lowest BCUT2D eigenvalue weighted by Crippen LogP contribution is -2.39. The second kappa shape index (κ2) is 11.6. The molecule has 0 spiro atoms. The first-order valence-corrected chi connectivity index (χ1v) is 14.4. The largest absolute Gasteiger partial charge is 0.325 e. The lowest BCUT2D eigenvalue weighted by molar-refractivity contribution is -0.113. The highest BCUT2D eigenvalue weighted by Gasteiger charge is 2.33. The van der Waals surface area contributed by atoms with E-state index in [0.717, 1.165) is 25.1 Å². The van der Waals surface area contributed by atoms with Crippen LogP contribution in [0, 0.1) is 0 Å². The fourth-order valence-electron chi connectivity index (χ4n) is 4.12. The molecule has 1 aromatic heterocycles. The van der Waals surface area contributed by atoms with Gasteiger partial charge in [-0.05, 0) is 55.7 Å². The van der Waals surface area contributed by atoms with Gasteiger partial charge in [-0.25, -0.2) is 8.42 Å². The summed E-state index contributed by atoms with van der Waals surface area (Å²) in [5.74, 6) is 0.755. The lowest BCUT2D eigenvalue weighted by atomic mass is 9.99. The van der Waals surface area contributed by atoms with Crippen LogP contribution in [0.3, 0.4) is 0 Å². The van der Waals surface area contributed by atoms with Gasteiger partial charge in [0.1, 0.15) is 5.82 Å². The molecule has 1 N–H and O–H groups in total. The molecule has 2 heterocycles. The molecule has 186 valence electrons. The number of anilines is 1. The third-order valence-electron chi connectivity index (χ3n) is 5.78. The predicted octanol–water partition coefficient (Wildman–Crippen LogP) is 4.64. The molecule has 0 radical (unpaired) electrons. The van der Waals surface area contributed by atoms with E-state index >= 15 is 0 Å². The highest BCUT2D eigenvalue weighted by atomic mass is 35.5. The van der Waals surface area contributed by atoms with E-state index < -0.39 is 10.0 Å². The van der Waals surface area contributed by atoms with Crippen LogP contribution < -0.4 is 5.32 Å². The Kier molecular flexibility index (Phi) is 8.48. The van der Waals surface area contributed by atoms with Crippen molar-refractivity contribution in [2.24, 2.45) is 0 Å². The van der Waals surface area contributed by atoms with Crippen LogP contribution in [0.25, 0.3) is 0 Å². The minimum absolute atomic E-state index is 0.0569. The van der Waals surface area contributed by atoms with Crippen LogP contribution in [0.2, 0.25) is 5.02 Å². The first-order valence-electron chi connectivity index (χ1n) is 11.5. The van der Waals surface area contributed by atoms with Crippen molar-refractivity contribution >= 4 is 45.0 Å². The molecule has 1 aliphatic heterocycles. The molecule has 0 unspecified atom stereocenters. The molecule has 4 rings (SSSR count). The number of nitrogens with zero attached hydrogens (tertiary/aromatic N) is 4. The number of thioether (sulfide) groups is 1. The van der Waals surface area contributed by atoms with Crippen molar-refractivity contribution in [2.75, 3.05) is 24.2 Å². The third kappa shape index (κ3) is 6.24. The maximum Gasteiger partial charge on any atom is 0.243 e. The van der Waals surface area contributed by atoms with E-state index in [-0.39, 0.29) is 17.6 Å². The number of benzene rings is 2. The molecule has 1 aliphatic rings. The second-order valence-electron chi connectivity index (χ2n) is 8.35. The van der Waals surface area contributed by atoms with Gasteiger partial charge in [0.05, 0.1) is 10.6 Å². The van der Waals surface area contributed by atoms with Crippen LogP contribution in [-0.2, 0) is 21.4 Å². The molecule has 11 heteroatoms. The van der Waals surface area contributed by atoms with E-state index in [4.69, 9.17) is 11.6 Å². The Balaban J connectivity index is 1.45. The maximum absolute atomic E-state index is 13.2. The summed E-state index contributed by atoms with van der Waals surface area (Å²) in [6.07, 6.45) is 2.46. The van der Waals surface area contributed by atoms with Crippen LogP contribution in [-0.4, -0.2) is 52.2 Å². The smallest absolute Gasteiger partial charge is 0.243 e. The molecule has 35 heavy (non-hydrogen) atoms. The minimum Gasteiger partial charge on any atom is -0.325 e. The molecule has 0 bridgehead atoms. The number of amides is 1. The van der Waals surface area contributed by atoms with E-state index in [2.05, 4.69) is 22.4 Å². The Morgan fingerprint density at radius 1 is 1.14 bits per heavy atom. The summed E-state index contributed by atoms with van der Waals surface area (Å²) in [4.78, 5) is 12.7. The number of aromatic nitrogens is 3. The Morgan fingerprint density at radius 2 is 1.89 bits per heavy atom. The van der Waals surface area contributed by atoms with Crippen LogP contribution >= 0.6 is 23.4 Å². The summed E-state index contributed by atoms with van der Waals surface area (Å²) in [6.45, 7) is 3.62. The van der Waals surface area contributed by atoms with E-state index in [1.54, 1.807) is 58.9 Å². The van der Waals surface area contributed by atoms with Crippen molar-refractivity contribution in [1.82, 2.24) is 19.1 Å². The molecular formula is C24H28ClN5O3S2. The van der Waals surface area contributed by atoms with Crippen LogP contribution in [0.5, 0.6) is 0 Å². The topological polar surface area (TPSA) is 97.2 Å². The van der Waals surface area contributed by atoms with Gasteiger partial charge in [0.25, 0.3) is 0 Å². The van der Waals surface area contributed by atoms with Crippen LogP contribution in [0.15, 0.2) is 64.6 Å². The summed E-state index contributed by atoms with van der Waals surface area (Å²) < 4.78 is 29.9. The molecule has 1 atom stereocenters. The highest BCUT2D eigenvalue weighted by Crippen LogP contribution is 2.31. The Labute approximate surface area is 215 Å². The normalized spacial score (nSPS) is 16.8. The van der Waals surface area contributed by atoms with Crippen molar-refractivity contribution in [2.45, 2.75) is 48.7 Å². The summed E-state index contributed by atoms with van der Waals surface area (Å²) in [5.41, 5.74) is 0.678. The summed E-state index contributed by atoms with van der Waals surface area (Å²) in [7, 11) is -3.57. The van der Waals surface area contributed by atoms with Gasteiger partial charge in [-0.1, -0.05) is 48.5 Å². The van der Waals surface area contributed by atoms with E-state index in [1.165, 1.54) is 11.8 Å². The number of hydrogen-bond donors (Lipinski definition) is 1. The average Bonchev–Trinajstić information content (AvgIpc) is 3.27. The fraction of sp³-hybridized carbons (Fsp3) is 0.375. The SMILES string of the molecule is CCCn1c(SCC(=O)Nc2ccc(Cl)cc2)nnc1[C@@H]1CCCN(S(=O)(=O)c2ccccc2)C1. The monoisotopic (exact) mass is 533 g/mol. The zero-order valence-electron chi connectivity index (χ0n) is 19.4. The number of nitrogens with one attached hydrogen (secondary N) is 1. The molecule has 3 aromatic rings. The third-order valence-corrected chi connectivity index (χ3v) is 8.88. The number of carbonyl (C=O) groups is 1. The zero-order valence-corrected chi connectivity index (χ0v) is 21.8. The molecule has 2 aromatic carbocycles. The van der Waals surface area contributed by atoms with Gasteiger partial charge in [-0.3, -0.25) is 4.79 Å². The van der Waals surface area contributed by atoms with Crippen LogP contribution in [0.1, 0.15) is 37.9 Å². The van der Waals surface area contributed by atoms with Gasteiger partial charge in [-0.2, -0.15) is 4.31 Å². The van der Waals surface area contributed by atoms with Gasteiger partial charge in [-0.15, -0.1) is 10.2 Å². The van der Waals surface area contributed by atoms with E-state index in [0.29, 0.717) is 40.4 Å². The average molecular weight is 534 g/mol. The number of piperidine rings is 1. The quantitative estimate of drug-likeness (QED) is 0.402. The molecule has 0 aliphatic carbocycles. The number of halogens is 1. The van der Waals surface area contributed by atoms with Gasteiger partial charge < -0.3 is 9.88 Å². The second-order valence-corrected chi connectivity index (χ2v) is 11.7. The molecule has 8 nitrogen and oxygen atoms in total. The molecule has 1 saturated heterocycles. The summed E-state index contributed by atoms with van der Waals surface area (Å²) >= 11 is 7.22. The van der Waals surface area contributed by atoms with Crippen molar-refractivity contribution in [3.63, 3.8) is 0 Å². The minimum atomic E-state index is -3.57. The molecule has 1 fully saturated rings. The highest BCUT2D eigenvalue weighted by molar-refractivity contribution is 7.99. The Bertz CT molecular complexity index is 1250. The maximum atomic E-state index is 13.2. The van der Waals surface area contributed by atoms with Gasteiger partial charge in [0.15, 0.2) is 5.16 Å². The van der Waals surface area contributed by atoms with E-state index in [9.17, 15) is 13.2 Å². The van der Waals surface area contributed by atoms with Crippen molar-refractivity contribution in [3.8, 4) is 0 Å². The van der Waals surface area contributed by atoms with E-state index in [1.807, 2.05) is 4.57 Å². The predicted molar refractivity (Wildman–Crippen MR) is 138 cm³/mol. The summed E-state index contributed by atoms with van der Waals surface area (Å²) in [6, 6.07) is 15.5. The molecule has 1 amide bonds. The Hall–Kier alpha value is -2.40. The van der Waals surface area contributed by atoms with Gasteiger partial charge >= 0.3 is 0 Å². The Morgan fingerprint density at radius 3 is 2.60 bits per heavy atom. The first-order chi connectivity index (χ1) is 16.9. The number of sulfonamides is 1. The fourth-order valence-corrected chi connectivity index (χ4v) is 6.56. The number of hydrogen-bond acceptors (Lipinski definition) is 6. The standard InChI is InChI=1S/C24H28ClN5O3S2/c1-2-14-30-23(18-7-6-15-29(16-18)35(32,33)21-8-4-3-5-9-21)27-28-24(30)34-17-22(31)26-20-12-10-19(25)11-13-20/h3-5,8-13,18H,2,6-7,14-17H2,1H3,(H,26,31)/t18-/m1/s1. The lowest BCUT2D eigenvalue weighted by Gasteiger charge is -2.31. The number of rotatable bonds is 9. The van der Waals surface area contributed by atoms with Crippen LogP contribution in [0.4, 0.5) is 5.69 Å². The van der Waals surface area contributed by atoms with Crippen molar-refractivity contribution in [1.29, 1.82) is 0 Å². The molecule has 0 saturated carbocycles. The molecular weight excluding hydrogens is 506 g/mol. The van der Waals surface area contributed by atoms with Crippen molar-refractivity contribution < 1.29 is 13.2 Å². The van der Waals surface area contributed by atoms with Gasteiger partial charge in [0, 0.05) is 36.3 Å². The zero-order chi connectivity index (χ0) is 24.8. The summed E-state index contributed by atoms with van der Waals surface area (Å²) in [5, 5.41) is 12.9. The first kappa shape index (κ1) is 25.7. The van der Waals surface area contributed by atoms with Crippen molar-refractivity contribution in [3.05, 3.63) is 65.4 Å². The number of carbonyl (C=O) groups excluding carboxylic acids is 1.